The molecule has 0 saturated heterocycles. The minimum absolute atomic E-state index is 0.0647. The lowest BCUT2D eigenvalue weighted by molar-refractivity contribution is -0.147. The third-order valence-electron chi connectivity index (χ3n) is 3.60. The zero-order valence-electron chi connectivity index (χ0n) is 11.5. The third-order valence-corrected chi connectivity index (χ3v) is 3.60. The van der Waals surface area contributed by atoms with Crippen molar-refractivity contribution >= 4 is 5.97 Å². The lowest BCUT2D eigenvalue weighted by Gasteiger charge is -2.34. The molecule has 0 radical (unpaired) electrons. The van der Waals surface area contributed by atoms with E-state index in [1.54, 1.807) is 0 Å². The summed E-state index contributed by atoms with van der Waals surface area (Å²) in [4.78, 5) is 11.6. The van der Waals surface area contributed by atoms with Gasteiger partial charge in [0.15, 0.2) is 0 Å². The maximum absolute atomic E-state index is 12.0. The van der Waals surface area contributed by atoms with Crippen molar-refractivity contribution < 1.29 is 23.4 Å². The predicted molar refractivity (Wildman–Crippen MR) is 67.4 cm³/mol. The number of carboxylic acids is 1. The maximum atomic E-state index is 12.0. The maximum Gasteiger partial charge on any atom is 0.324 e. The van der Waals surface area contributed by atoms with Crippen LogP contribution >= 0.6 is 0 Å². The van der Waals surface area contributed by atoms with Gasteiger partial charge in [-0.25, -0.2) is 8.78 Å². The molecular formula is C13H23F2NO3. The Hall–Kier alpha value is -0.750. The molecule has 0 amide bonds. The van der Waals surface area contributed by atoms with E-state index in [0.29, 0.717) is 12.8 Å². The second-order valence-corrected chi connectivity index (χ2v) is 5.42. The van der Waals surface area contributed by atoms with Crippen molar-refractivity contribution in [3.05, 3.63) is 0 Å². The number of ether oxygens (including phenoxy) is 1. The molecular weight excluding hydrogens is 256 g/mol. The molecule has 0 aromatic heterocycles. The minimum atomic E-state index is -2.47. The Morgan fingerprint density at radius 1 is 1.53 bits per heavy atom. The molecule has 19 heavy (non-hydrogen) atoms. The van der Waals surface area contributed by atoms with Crippen LogP contribution in [0.4, 0.5) is 8.78 Å². The average Bonchev–Trinajstić information content (AvgIpc) is 2.67. The van der Waals surface area contributed by atoms with Crippen LogP contribution in [0.15, 0.2) is 0 Å². The summed E-state index contributed by atoms with van der Waals surface area (Å²) in [6, 6.07) is 0.0682. The molecule has 2 atom stereocenters. The van der Waals surface area contributed by atoms with Gasteiger partial charge in [-0.15, -0.1) is 0 Å². The topological polar surface area (TPSA) is 58.6 Å². The number of hydrogen-bond acceptors (Lipinski definition) is 3. The summed E-state index contributed by atoms with van der Waals surface area (Å²) in [5, 5.41) is 12.7. The largest absolute Gasteiger partial charge is 0.480 e. The standard InChI is InChI=1S/C13H23F2NO3/c1-9(2)16-13(12(17)18)6-3-4-10(13)5-7-19-8-11(14)15/h9-11,16H,3-8H2,1-2H3,(H,17,18). The van der Waals surface area contributed by atoms with Gasteiger partial charge in [-0.2, -0.15) is 0 Å². The number of carboxylic acid groups (broad SMARTS) is 1. The average molecular weight is 279 g/mol. The van der Waals surface area contributed by atoms with Gasteiger partial charge in [0.25, 0.3) is 6.43 Å². The lowest BCUT2D eigenvalue weighted by atomic mass is 9.84. The predicted octanol–water partition coefficient (Wildman–Crippen LogP) is 2.28. The van der Waals surface area contributed by atoms with Gasteiger partial charge in [-0.1, -0.05) is 6.42 Å². The Labute approximate surface area is 112 Å². The molecule has 1 aliphatic carbocycles. The summed E-state index contributed by atoms with van der Waals surface area (Å²) < 4.78 is 28.8. The minimum Gasteiger partial charge on any atom is -0.480 e. The molecule has 1 saturated carbocycles. The van der Waals surface area contributed by atoms with E-state index < -0.39 is 24.5 Å². The van der Waals surface area contributed by atoms with Crippen LogP contribution in [0.5, 0.6) is 0 Å². The molecule has 0 bridgehead atoms. The van der Waals surface area contributed by atoms with Crippen LogP contribution in [0.25, 0.3) is 0 Å². The molecule has 0 aliphatic heterocycles. The van der Waals surface area contributed by atoms with E-state index in [2.05, 4.69) is 5.32 Å². The van der Waals surface area contributed by atoms with Crippen LogP contribution in [0, 0.1) is 5.92 Å². The molecule has 0 heterocycles. The highest BCUT2D eigenvalue weighted by atomic mass is 19.3. The number of hydrogen-bond donors (Lipinski definition) is 2. The fraction of sp³-hybridized carbons (Fsp3) is 0.923. The summed E-state index contributed by atoms with van der Waals surface area (Å²) in [7, 11) is 0. The summed E-state index contributed by atoms with van der Waals surface area (Å²) in [6.07, 6.45) is 0.246. The number of alkyl halides is 2. The second-order valence-electron chi connectivity index (χ2n) is 5.42. The number of rotatable bonds is 8. The van der Waals surface area contributed by atoms with E-state index in [1.807, 2.05) is 13.8 Å². The van der Waals surface area contributed by atoms with Gasteiger partial charge >= 0.3 is 5.97 Å². The van der Waals surface area contributed by atoms with Gasteiger partial charge in [0.1, 0.15) is 12.1 Å². The molecule has 0 aromatic carbocycles. The zero-order valence-corrected chi connectivity index (χ0v) is 11.5. The van der Waals surface area contributed by atoms with Crippen molar-refractivity contribution in [3.8, 4) is 0 Å². The molecule has 2 unspecified atom stereocenters. The van der Waals surface area contributed by atoms with Crippen molar-refractivity contribution in [2.75, 3.05) is 13.2 Å². The lowest BCUT2D eigenvalue weighted by Crippen LogP contribution is -2.57. The van der Waals surface area contributed by atoms with Crippen LogP contribution in [-0.2, 0) is 9.53 Å². The van der Waals surface area contributed by atoms with Crippen molar-refractivity contribution in [1.29, 1.82) is 0 Å². The Morgan fingerprint density at radius 3 is 2.74 bits per heavy atom. The number of carbonyl (C=O) groups is 1. The zero-order chi connectivity index (χ0) is 14.5. The number of nitrogens with one attached hydrogen (secondary N) is 1. The van der Waals surface area contributed by atoms with Gasteiger partial charge in [0, 0.05) is 12.6 Å². The van der Waals surface area contributed by atoms with Gasteiger partial charge in [-0.05, 0) is 39.0 Å². The summed E-state index contributed by atoms with van der Waals surface area (Å²) in [5.41, 5.74) is -0.928. The van der Waals surface area contributed by atoms with Gasteiger partial charge in [-0.3, -0.25) is 10.1 Å². The summed E-state index contributed by atoms with van der Waals surface area (Å²) in [6.45, 7) is 3.43. The van der Waals surface area contributed by atoms with E-state index in [0.717, 1.165) is 12.8 Å². The monoisotopic (exact) mass is 279 g/mol. The van der Waals surface area contributed by atoms with E-state index >= 15 is 0 Å². The van der Waals surface area contributed by atoms with Crippen LogP contribution in [0.3, 0.4) is 0 Å². The Bertz CT molecular complexity index is 300. The molecule has 1 aliphatic rings. The Balaban J connectivity index is 2.56. The third kappa shape index (κ3) is 4.38. The van der Waals surface area contributed by atoms with Gasteiger partial charge in [0.05, 0.1) is 0 Å². The van der Waals surface area contributed by atoms with Crippen LogP contribution in [-0.4, -0.2) is 42.3 Å². The number of aliphatic carboxylic acids is 1. The van der Waals surface area contributed by atoms with Crippen LogP contribution < -0.4 is 5.32 Å². The Kier molecular flexibility index (Phi) is 6.13. The molecule has 1 rings (SSSR count). The van der Waals surface area contributed by atoms with Gasteiger partial charge in [0.2, 0.25) is 0 Å². The van der Waals surface area contributed by atoms with Crippen molar-refractivity contribution in [1.82, 2.24) is 5.32 Å². The molecule has 1 fully saturated rings. The second kappa shape index (κ2) is 7.14. The fourth-order valence-corrected chi connectivity index (χ4v) is 2.92. The number of halogens is 2. The molecule has 0 aromatic rings. The smallest absolute Gasteiger partial charge is 0.324 e. The first-order chi connectivity index (χ1) is 8.88. The fourth-order valence-electron chi connectivity index (χ4n) is 2.92. The first kappa shape index (κ1) is 16.3. The van der Waals surface area contributed by atoms with Crippen molar-refractivity contribution in [3.63, 3.8) is 0 Å². The van der Waals surface area contributed by atoms with Gasteiger partial charge < -0.3 is 9.84 Å². The highest BCUT2D eigenvalue weighted by Gasteiger charge is 2.48. The molecule has 6 heteroatoms. The van der Waals surface area contributed by atoms with Crippen molar-refractivity contribution in [2.45, 2.75) is 57.5 Å². The highest BCUT2D eigenvalue weighted by molar-refractivity contribution is 5.79. The Morgan fingerprint density at radius 2 is 2.21 bits per heavy atom. The highest BCUT2D eigenvalue weighted by Crippen LogP contribution is 2.38. The van der Waals surface area contributed by atoms with E-state index in [4.69, 9.17) is 4.74 Å². The SMILES string of the molecule is CC(C)NC1(C(=O)O)CCCC1CCOCC(F)F. The molecule has 4 nitrogen and oxygen atoms in total. The summed E-state index contributed by atoms with van der Waals surface area (Å²) >= 11 is 0. The normalized spacial score (nSPS) is 27.4. The van der Waals surface area contributed by atoms with Crippen LogP contribution in [0.1, 0.15) is 39.5 Å². The molecule has 112 valence electrons. The van der Waals surface area contributed by atoms with Crippen molar-refractivity contribution in [2.24, 2.45) is 5.92 Å². The van der Waals surface area contributed by atoms with Crippen LogP contribution in [0.2, 0.25) is 0 Å². The molecule has 0 spiro atoms. The van der Waals surface area contributed by atoms with E-state index in [1.165, 1.54) is 0 Å². The first-order valence-corrected chi connectivity index (χ1v) is 6.75. The summed E-state index contributed by atoms with van der Waals surface area (Å²) in [5.74, 6) is -0.914. The van der Waals surface area contributed by atoms with E-state index in [9.17, 15) is 18.7 Å². The molecule has 2 N–H and O–H groups in total. The first-order valence-electron chi connectivity index (χ1n) is 6.75. The van der Waals surface area contributed by atoms with E-state index in [-0.39, 0.29) is 18.6 Å². The quantitative estimate of drug-likeness (QED) is 0.669.